The maximum atomic E-state index is 6.35. The molecule has 18 heavy (non-hydrogen) atoms. The predicted molar refractivity (Wildman–Crippen MR) is 77.9 cm³/mol. The largest absolute Gasteiger partial charge is 0.349 e. The molecular weight excluding hydrogens is 314 g/mol. The Labute approximate surface area is 120 Å². The lowest BCUT2D eigenvalue weighted by Gasteiger charge is -2.19. The summed E-state index contributed by atoms with van der Waals surface area (Å²) < 4.78 is 0.920. The monoisotopic (exact) mass is 327 g/mol. The van der Waals surface area contributed by atoms with Crippen molar-refractivity contribution in [3.63, 3.8) is 0 Å². The van der Waals surface area contributed by atoms with Crippen LogP contribution in [0.15, 0.2) is 35.1 Å². The Hall–Kier alpha value is -0.840. The fourth-order valence-electron chi connectivity index (χ4n) is 1.93. The van der Waals surface area contributed by atoms with E-state index in [-0.39, 0.29) is 6.04 Å². The highest BCUT2D eigenvalue weighted by Gasteiger charge is 2.16. The molecule has 0 saturated carbocycles. The number of hydrogen-bond acceptors (Lipinski definition) is 2. The maximum Gasteiger partial charge on any atom is 0.107 e. The van der Waals surface area contributed by atoms with Crippen LogP contribution in [0.4, 0.5) is 0 Å². The van der Waals surface area contributed by atoms with E-state index in [4.69, 9.17) is 11.6 Å². The van der Waals surface area contributed by atoms with Gasteiger partial charge in [0.1, 0.15) is 5.82 Å². The van der Waals surface area contributed by atoms with E-state index in [9.17, 15) is 0 Å². The fraction of sp³-hybridized carbons (Fsp3) is 0.308. The summed E-state index contributed by atoms with van der Waals surface area (Å²) in [5.41, 5.74) is 1.09. The number of benzene rings is 1. The molecule has 0 saturated heterocycles. The van der Waals surface area contributed by atoms with Gasteiger partial charge in [0.15, 0.2) is 0 Å². The van der Waals surface area contributed by atoms with Gasteiger partial charge in [0.25, 0.3) is 0 Å². The number of H-pyrrole nitrogens is 1. The summed E-state index contributed by atoms with van der Waals surface area (Å²) in [4.78, 5) is 7.39. The molecule has 1 heterocycles. The number of nitrogens with one attached hydrogen (secondary N) is 2. The standard InChI is InChI=1S/C13H15BrClN3/c1-2-16-11(8-12-17-6-7-18-12)9-4-3-5-10(14)13(9)15/h3-7,11,16H,2,8H2,1H3,(H,17,18). The van der Waals surface area contributed by atoms with Crippen LogP contribution in [0, 0.1) is 0 Å². The van der Waals surface area contributed by atoms with Crippen LogP contribution in [0.1, 0.15) is 24.4 Å². The molecule has 0 amide bonds. The predicted octanol–water partition coefficient (Wildman–Crippen LogP) is 3.72. The van der Waals surface area contributed by atoms with E-state index in [1.165, 1.54) is 0 Å². The molecule has 96 valence electrons. The van der Waals surface area contributed by atoms with Crippen LogP contribution in [-0.2, 0) is 6.42 Å². The van der Waals surface area contributed by atoms with E-state index >= 15 is 0 Å². The summed E-state index contributed by atoms with van der Waals surface area (Å²) in [6, 6.07) is 6.15. The van der Waals surface area contributed by atoms with Crippen molar-refractivity contribution in [2.75, 3.05) is 6.54 Å². The van der Waals surface area contributed by atoms with Crippen molar-refractivity contribution in [1.82, 2.24) is 15.3 Å². The highest BCUT2D eigenvalue weighted by molar-refractivity contribution is 9.10. The van der Waals surface area contributed by atoms with Gasteiger partial charge in [0.2, 0.25) is 0 Å². The minimum absolute atomic E-state index is 0.158. The van der Waals surface area contributed by atoms with E-state index in [1.807, 2.05) is 24.4 Å². The quantitative estimate of drug-likeness (QED) is 0.878. The smallest absolute Gasteiger partial charge is 0.107 e. The summed E-state index contributed by atoms with van der Waals surface area (Å²) >= 11 is 9.81. The van der Waals surface area contributed by atoms with Gasteiger partial charge < -0.3 is 10.3 Å². The number of likely N-dealkylation sites (N-methyl/N-ethyl adjacent to an activating group) is 1. The molecule has 2 rings (SSSR count). The summed E-state index contributed by atoms with van der Waals surface area (Å²) in [5.74, 6) is 0.956. The third kappa shape index (κ3) is 3.13. The van der Waals surface area contributed by atoms with Gasteiger partial charge in [-0.2, -0.15) is 0 Å². The SMILES string of the molecule is CCNC(Cc1ncc[nH]1)c1cccc(Br)c1Cl. The lowest BCUT2D eigenvalue weighted by Crippen LogP contribution is -2.23. The molecule has 3 nitrogen and oxygen atoms in total. The van der Waals surface area contributed by atoms with Crippen LogP contribution >= 0.6 is 27.5 Å². The van der Waals surface area contributed by atoms with Crippen molar-refractivity contribution in [1.29, 1.82) is 0 Å². The van der Waals surface area contributed by atoms with Gasteiger partial charge >= 0.3 is 0 Å². The average molecular weight is 329 g/mol. The first-order chi connectivity index (χ1) is 8.72. The van der Waals surface area contributed by atoms with E-state index in [0.29, 0.717) is 0 Å². The first kappa shape index (κ1) is 13.6. The molecule has 2 aromatic rings. The van der Waals surface area contributed by atoms with Gasteiger partial charge in [0, 0.05) is 29.3 Å². The van der Waals surface area contributed by atoms with Crippen molar-refractivity contribution in [3.05, 3.63) is 51.5 Å². The molecule has 0 bridgehead atoms. The Balaban J connectivity index is 2.26. The van der Waals surface area contributed by atoms with Crippen LogP contribution < -0.4 is 5.32 Å². The van der Waals surface area contributed by atoms with Gasteiger partial charge in [-0.15, -0.1) is 0 Å². The highest BCUT2D eigenvalue weighted by atomic mass is 79.9. The molecule has 0 radical (unpaired) electrons. The van der Waals surface area contributed by atoms with Crippen LogP contribution in [0.5, 0.6) is 0 Å². The zero-order chi connectivity index (χ0) is 13.0. The molecule has 0 spiro atoms. The summed E-state index contributed by atoms with van der Waals surface area (Å²) in [6.07, 6.45) is 4.39. The Kier molecular flexibility index (Phi) is 4.80. The summed E-state index contributed by atoms with van der Waals surface area (Å²) in [5, 5.41) is 4.20. The Morgan fingerprint density at radius 1 is 1.50 bits per heavy atom. The molecule has 0 fully saturated rings. The van der Waals surface area contributed by atoms with Crippen LogP contribution in [0.3, 0.4) is 0 Å². The van der Waals surface area contributed by atoms with Crippen LogP contribution in [0.2, 0.25) is 5.02 Å². The molecule has 0 aliphatic carbocycles. The Morgan fingerprint density at radius 2 is 2.33 bits per heavy atom. The number of aromatic amines is 1. The van der Waals surface area contributed by atoms with Gasteiger partial charge in [-0.3, -0.25) is 0 Å². The van der Waals surface area contributed by atoms with E-state index in [1.54, 1.807) is 6.20 Å². The first-order valence-electron chi connectivity index (χ1n) is 5.88. The van der Waals surface area contributed by atoms with Gasteiger partial charge in [-0.1, -0.05) is 30.7 Å². The number of nitrogens with zero attached hydrogens (tertiary/aromatic N) is 1. The molecule has 1 atom stereocenters. The number of hydrogen-bond donors (Lipinski definition) is 2. The molecule has 1 aromatic carbocycles. The normalized spacial score (nSPS) is 12.6. The lowest BCUT2D eigenvalue weighted by atomic mass is 10.0. The molecule has 0 aliphatic heterocycles. The molecular formula is C13H15BrClN3. The zero-order valence-corrected chi connectivity index (χ0v) is 12.4. The average Bonchev–Trinajstić information content (AvgIpc) is 2.85. The minimum Gasteiger partial charge on any atom is -0.349 e. The third-order valence-corrected chi connectivity index (χ3v) is 4.07. The topological polar surface area (TPSA) is 40.7 Å². The molecule has 5 heteroatoms. The van der Waals surface area contributed by atoms with Crippen LogP contribution in [-0.4, -0.2) is 16.5 Å². The molecule has 2 N–H and O–H groups in total. The molecule has 0 aliphatic rings. The number of aromatic nitrogens is 2. The molecule has 1 unspecified atom stereocenters. The van der Waals surface area contributed by atoms with E-state index in [2.05, 4.69) is 38.1 Å². The second-order valence-electron chi connectivity index (χ2n) is 3.99. The summed E-state index contributed by atoms with van der Waals surface area (Å²) in [6.45, 7) is 2.97. The van der Waals surface area contributed by atoms with E-state index in [0.717, 1.165) is 33.8 Å². The second kappa shape index (κ2) is 6.36. The van der Waals surface area contributed by atoms with Crippen molar-refractivity contribution in [2.24, 2.45) is 0 Å². The number of rotatable bonds is 5. The molecule has 1 aromatic heterocycles. The third-order valence-electron chi connectivity index (χ3n) is 2.76. The minimum atomic E-state index is 0.158. The van der Waals surface area contributed by atoms with Crippen molar-refractivity contribution in [2.45, 2.75) is 19.4 Å². The highest BCUT2D eigenvalue weighted by Crippen LogP contribution is 2.31. The number of halogens is 2. The van der Waals surface area contributed by atoms with Gasteiger partial charge in [-0.25, -0.2) is 4.98 Å². The number of imidazole rings is 1. The van der Waals surface area contributed by atoms with E-state index < -0.39 is 0 Å². The van der Waals surface area contributed by atoms with Crippen molar-refractivity contribution >= 4 is 27.5 Å². The summed E-state index contributed by atoms with van der Waals surface area (Å²) in [7, 11) is 0. The first-order valence-corrected chi connectivity index (χ1v) is 7.05. The maximum absolute atomic E-state index is 6.35. The zero-order valence-electron chi connectivity index (χ0n) is 10.1. The Morgan fingerprint density at radius 3 is 3.00 bits per heavy atom. The van der Waals surface area contributed by atoms with Gasteiger partial charge in [-0.05, 0) is 34.1 Å². The lowest BCUT2D eigenvalue weighted by molar-refractivity contribution is 0.539. The van der Waals surface area contributed by atoms with Crippen molar-refractivity contribution in [3.8, 4) is 0 Å². The fourth-order valence-corrected chi connectivity index (χ4v) is 2.57. The Bertz CT molecular complexity index is 499. The van der Waals surface area contributed by atoms with Gasteiger partial charge in [0.05, 0.1) is 5.02 Å². The van der Waals surface area contributed by atoms with Crippen molar-refractivity contribution < 1.29 is 0 Å². The second-order valence-corrected chi connectivity index (χ2v) is 5.23. The van der Waals surface area contributed by atoms with Crippen LogP contribution in [0.25, 0.3) is 0 Å².